The number of anilines is 1. The van der Waals surface area contributed by atoms with E-state index in [0.29, 0.717) is 41.4 Å². The average Bonchev–Trinajstić information content (AvgIpc) is 3.60. The predicted octanol–water partition coefficient (Wildman–Crippen LogP) is 4.41. The Labute approximate surface area is 206 Å². The van der Waals surface area contributed by atoms with Gasteiger partial charge in [0, 0.05) is 43.2 Å². The topological polar surface area (TPSA) is 81.1 Å². The Bertz CT molecular complexity index is 1570. The summed E-state index contributed by atoms with van der Waals surface area (Å²) in [5, 5.41) is 4.12. The van der Waals surface area contributed by atoms with E-state index in [9.17, 15) is 9.18 Å². The van der Waals surface area contributed by atoms with Gasteiger partial charge < -0.3 is 25.1 Å². The molecule has 2 fully saturated rings. The van der Waals surface area contributed by atoms with E-state index in [1.54, 1.807) is 17.7 Å². The lowest BCUT2D eigenvalue weighted by Crippen LogP contribution is -2.41. The summed E-state index contributed by atoms with van der Waals surface area (Å²) in [6.45, 7) is 3.41. The SMILES string of the molecule is CCC1CNc2cc(F)cc3cc(-c4nc5cc(C(=O)N6C[C@H]7CC[C@@H]6[C@@H]7N)cc(F)c5n4C)n1c23. The number of halogens is 2. The second-order valence-electron chi connectivity index (χ2n) is 10.5. The van der Waals surface area contributed by atoms with E-state index >= 15 is 4.39 Å². The lowest BCUT2D eigenvalue weighted by atomic mass is 10.1. The van der Waals surface area contributed by atoms with Crippen molar-refractivity contribution in [1.82, 2.24) is 19.0 Å². The molecule has 1 unspecified atom stereocenters. The van der Waals surface area contributed by atoms with Crippen LogP contribution in [0.25, 0.3) is 33.5 Å². The molecule has 4 aromatic rings. The van der Waals surface area contributed by atoms with Gasteiger partial charge in [-0.2, -0.15) is 0 Å². The number of piperidine rings is 1. The maximum Gasteiger partial charge on any atom is 0.254 e. The third kappa shape index (κ3) is 2.86. The van der Waals surface area contributed by atoms with Gasteiger partial charge >= 0.3 is 0 Å². The van der Waals surface area contributed by atoms with Crippen molar-refractivity contribution in [2.24, 2.45) is 18.7 Å². The Morgan fingerprint density at radius 3 is 2.72 bits per heavy atom. The lowest BCUT2D eigenvalue weighted by Gasteiger charge is -2.28. The highest BCUT2D eigenvalue weighted by Crippen LogP contribution is 2.41. The van der Waals surface area contributed by atoms with E-state index in [2.05, 4.69) is 16.8 Å². The number of aryl methyl sites for hydroxylation is 1. The van der Waals surface area contributed by atoms with Gasteiger partial charge in [-0.3, -0.25) is 4.79 Å². The number of hydrogen-bond donors (Lipinski definition) is 2. The monoisotopic (exact) mass is 490 g/mol. The van der Waals surface area contributed by atoms with Crippen LogP contribution >= 0.6 is 0 Å². The van der Waals surface area contributed by atoms with E-state index < -0.39 is 5.82 Å². The minimum absolute atomic E-state index is 0.000175. The maximum absolute atomic E-state index is 15.5. The van der Waals surface area contributed by atoms with Gasteiger partial charge in [-0.1, -0.05) is 6.92 Å². The molecule has 3 N–H and O–H groups in total. The van der Waals surface area contributed by atoms with Crippen LogP contribution in [0, 0.1) is 17.6 Å². The van der Waals surface area contributed by atoms with Crippen molar-refractivity contribution in [3.8, 4) is 11.5 Å². The molecule has 3 aliphatic rings. The predicted molar refractivity (Wildman–Crippen MR) is 135 cm³/mol. The van der Waals surface area contributed by atoms with Gasteiger partial charge in [0.2, 0.25) is 0 Å². The third-order valence-electron chi connectivity index (χ3n) is 8.57. The van der Waals surface area contributed by atoms with Crippen molar-refractivity contribution < 1.29 is 13.6 Å². The first-order valence-corrected chi connectivity index (χ1v) is 12.7. The smallest absolute Gasteiger partial charge is 0.254 e. The Hall–Kier alpha value is -3.46. The number of benzene rings is 2. The number of amides is 1. The molecule has 7 rings (SSSR count). The summed E-state index contributed by atoms with van der Waals surface area (Å²) in [6, 6.07) is 8.13. The van der Waals surface area contributed by atoms with E-state index in [4.69, 9.17) is 10.7 Å². The Morgan fingerprint density at radius 2 is 2.00 bits per heavy atom. The molecule has 36 heavy (non-hydrogen) atoms. The summed E-state index contributed by atoms with van der Waals surface area (Å²) in [7, 11) is 1.78. The molecule has 9 heteroatoms. The maximum atomic E-state index is 15.5. The van der Waals surface area contributed by atoms with Crippen LogP contribution in [-0.2, 0) is 7.05 Å². The first-order chi connectivity index (χ1) is 17.4. The average molecular weight is 491 g/mol. The fourth-order valence-corrected chi connectivity index (χ4v) is 6.77. The molecule has 2 aromatic carbocycles. The molecule has 2 aromatic heterocycles. The van der Waals surface area contributed by atoms with Crippen LogP contribution in [0.1, 0.15) is 42.6 Å². The molecule has 1 saturated carbocycles. The quantitative estimate of drug-likeness (QED) is 0.446. The van der Waals surface area contributed by atoms with E-state index in [-0.39, 0.29) is 29.8 Å². The summed E-state index contributed by atoms with van der Waals surface area (Å²) in [4.78, 5) is 20.0. The fourth-order valence-electron chi connectivity index (χ4n) is 6.77. The molecule has 1 saturated heterocycles. The Balaban J connectivity index is 1.37. The van der Waals surface area contributed by atoms with Crippen molar-refractivity contribution in [3.63, 3.8) is 0 Å². The van der Waals surface area contributed by atoms with Crippen LogP contribution in [0.5, 0.6) is 0 Å². The van der Waals surface area contributed by atoms with Crippen LogP contribution in [-0.4, -0.2) is 50.1 Å². The van der Waals surface area contributed by atoms with Gasteiger partial charge in [0.25, 0.3) is 5.91 Å². The third-order valence-corrected chi connectivity index (χ3v) is 8.57. The van der Waals surface area contributed by atoms with Gasteiger partial charge in [0.15, 0.2) is 5.82 Å². The summed E-state index contributed by atoms with van der Waals surface area (Å²) < 4.78 is 33.7. The molecule has 4 atom stereocenters. The van der Waals surface area contributed by atoms with E-state index in [0.717, 1.165) is 41.5 Å². The van der Waals surface area contributed by atoms with Gasteiger partial charge in [-0.05, 0) is 55.5 Å². The number of hydrogen-bond acceptors (Lipinski definition) is 4. The highest BCUT2D eigenvalue weighted by atomic mass is 19.1. The van der Waals surface area contributed by atoms with Gasteiger partial charge in [0.05, 0.1) is 28.5 Å². The van der Waals surface area contributed by atoms with Crippen molar-refractivity contribution in [2.75, 3.05) is 18.4 Å². The van der Waals surface area contributed by atoms with Crippen LogP contribution in [0.3, 0.4) is 0 Å². The van der Waals surface area contributed by atoms with Gasteiger partial charge in [-0.15, -0.1) is 0 Å². The highest BCUT2D eigenvalue weighted by molar-refractivity contribution is 6.00. The van der Waals surface area contributed by atoms with Crippen LogP contribution in [0.2, 0.25) is 0 Å². The van der Waals surface area contributed by atoms with E-state index in [1.807, 2.05) is 11.0 Å². The normalized spacial score (nSPS) is 24.8. The first-order valence-electron chi connectivity index (χ1n) is 12.7. The number of fused-ring (bicyclic) bond motifs is 3. The second-order valence-corrected chi connectivity index (χ2v) is 10.5. The molecule has 7 nitrogen and oxygen atoms in total. The zero-order valence-electron chi connectivity index (χ0n) is 20.3. The molecule has 1 aliphatic carbocycles. The van der Waals surface area contributed by atoms with Crippen LogP contribution in [0.4, 0.5) is 14.5 Å². The minimum atomic E-state index is -0.485. The fraction of sp³-hybridized carbons (Fsp3) is 0.407. The molecular formula is C27H28F2N6O. The van der Waals surface area contributed by atoms with Gasteiger partial charge in [-0.25, -0.2) is 13.8 Å². The molecule has 1 amide bonds. The van der Waals surface area contributed by atoms with Crippen molar-refractivity contribution in [1.29, 1.82) is 0 Å². The summed E-state index contributed by atoms with van der Waals surface area (Å²) in [5.74, 6) is -0.0746. The number of rotatable bonds is 3. The lowest BCUT2D eigenvalue weighted by molar-refractivity contribution is 0.0700. The van der Waals surface area contributed by atoms with E-state index in [1.165, 1.54) is 18.2 Å². The minimum Gasteiger partial charge on any atom is -0.381 e. The number of nitrogens with one attached hydrogen (secondary N) is 1. The number of aromatic nitrogens is 3. The zero-order valence-corrected chi connectivity index (χ0v) is 20.3. The molecule has 4 heterocycles. The Morgan fingerprint density at radius 1 is 1.17 bits per heavy atom. The largest absolute Gasteiger partial charge is 0.381 e. The summed E-state index contributed by atoms with van der Waals surface area (Å²) in [6.07, 6.45) is 2.81. The molecular weight excluding hydrogens is 462 g/mol. The second kappa shape index (κ2) is 7.52. The summed E-state index contributed by atoms with van der Waals surface area (Å²) in [5.41, 5.74) is 9.83. The van der Waals surface area contributed by atoms with Crippen LogP contribution < -0.4 is 11.1 Å². The van der Waals surface area contributed by atoms with Gasteiger partial charge in [0.1, 0.15) is 17.2 Å². The van der Waals surface area contributed by atoms with Crippen molar-refractivity contribution in [2.45, 2.75) is 44.3 Å². The molecule has 0 spiro atoms. The highest BCUT2D eigenvalue weighted by Gasteiger charge is 2.47. The van der Waals surface area contributed by atoms with Crippen molar-refractivity contribution in [3.05, 3.63) is 47.5 Å². The summed E-state index contributed by atoms with van der Waals surface area (Å²) >= 11 is 0. The number of imidazole rings is 1. The number of nitrogens with zero attached hydrogens (tertiary/aromatic N) is 4. The standard InChI is InChI=1S/C27H28F2N6O/c1-3-17-11-31-19-10-16(28)6-14-9-22(35(17)24(14)19)26-32-20-8-15(7-18(29)25(20)33(26)2)27(36)34-12-13-4-5-21(34)23(13)30/h6-10,13,17,21,23,31H,3-5,11-12,30H2,1-2H3/t13-,17?,21-,23-/m1/s1. The number of carbonyl (C=O) groups is 1. The first kappa shape index (κ1) is 21.8. The molecule has 186 valence electrons. The zero-order chi connectivity index (χ0) is 24.9. The van der Waals surface area contributed by atoms with Crippen molar-refractivity contribution >= 4 is 33.5 Å². The van der Waals surface area contributed by atoms with Crippen LogP contribution in [0.15, 0.2) is 30.3 Å². The number of nitrogens with two attached hydrogens (primary N) is 1. The number of likely N-dealkylation sites (tertiary alicyclic amines) is 1. The molecule has 2 aliphatic heterocycles. The molecule has 2 bridgehead atoms. The Kier molecular flexibility index (Phi) is 4.55. The number of carbonyl (C=O) groups excluding carboxylic acids is 1. The molecule has 0 radical (unpaired) electrons.